The van der Waals surface area contributed by atoms with Gasteiger partial charge in [-0.2, -0.15) is 0 Å². The van der Waals surface area contributed by atoms with Crippen LogP contribution in [0.1, 0.15) is 181 Å². The zero-order valence-electron chi connectivity index (χ0n) is 32.6. The predicted molar refractivity (Wildman–Crippen MR) is 210 cm³/mol. The molecule has 10 heteroatoms. The molecule has 0 radical (unpaired) electrons. The Bertz CT molecular complexity index is 939. The van der Waals surface area contributed by atoms with Gasteiger partial charge in [0.25, 0.3) is 0 Å². The van der Waals surface area contributed by atoms with Gasteiger partial charge in [0, 0.05) is 19.4 Å². The van der Waals surface area contributed by atoms with Crippen LogP contribution in [-0.4, -0.2) is 49.3 Å². The van der Waals surface area contributed by atoms with E-state index in [0.29, 0.717) is 12.8 Å². The Kier molecular flexibility index (Phi) is 36.7. The van der Waals surface area contributed by atoms with Crippen LogP contribution in [0, 0.1) is 0 Å². The summed E-state index contributed by atoms with van der Waals surface area (Å²) in [6, 6.07) is 0. The molecule has 0 aromatic carbocycles. The molecule has 0 spiro atoms. The van der Waals surface area contributed by atoms with Crippen LogP contribution >= 0.6 is 7.82 Å². The minimum Gasteiger partial charge on any atom is -0.462 e. The first-order chi connectivity index (χ1) is 24.8. The summed E-state index contributed by atoms with van der Waals surface area (Å²) in [4.78, 5) is 34.7. The van der Waals surface area contributed by atoms with Crippen molar-refractivity contribution in [3.63, 3.8) is 0 Å². The van der Waals surface area contributed by atoms with Gasteiger partial charge in [0.1, 0.15) is 6.61 Å². The Labute approximate surface area is 312 Å². The topological polar surface area (TPSA) is 134 Å². The van der Waals surface area contributed by atoms with E-state index in [1.807, 2.05) is 0 Å². The zero-order chi connectivity index (χ0) is 37.5. The van der Waals surface area contributed by atoms with Crippen molar-refractivity contribution >= 4 is 19.8 Å². The quantitative estimate of drug-likeness (QED) is 0.0274. The van der Waals surface area contributed by atoms with E-state index in [1.54, 1.807) is 0 Å². The van der Waals surface area contributed by atoms with E-state index in [-0.39, 0.29) is 32.6 Å². The maximum atomic E-state index is 12.5. The smallest absolute Gasteiger partial charge is 0.462 e. The van der Waals surface area contributed by atoms with Gasteiger partial charge >= 0.3 is 19.8 Å². The highest BCUT2D eigenvalue weighted by Crippen LogP contribution is 2.43. The number of nitrogens with two attached hydrogens (primary N) is 1. The van der Waals surface area contributed by atoms with E-state index in [1.165, 1.54) is 96.3 Å². The fraction of sp³-hybridized carbons (Fsp3) is 0.805. The molecule has 298 valence electrons. The Morgan fingerprint density at radius 3 is 1.57 bits per heavy atom. The first kappa shape index (κ1) is 49.2. The van der Waals surface area contributed by atoms with E-state index in [4.69, 9.17) is 24.3 Å². The number of rotatable bonds is 38. The van der Waals surface area contributed by atoms with Gasteiger partial charge in [0.15, 0.2) is 6.10 Å². The summed E-state index contributed by atoms with van der Waals surface area (Å²) in [7, 11) is -4.38. The fourth-order valence-corrected chi connectivity index (χ4v) is 6.24. The second kappa shape index (κ2) is 38.0. The molecule has 0 aliphatic rings. The maximum Gasteiger partial charge on any atom is 0.472 e. The maximum absolute atomic E-state index is 12.5. The van der Waals surface area contributed by atoms with Crippen LogP contribution in [-0.2, 0) is 32.7 Å². The number of phosphoric acid groups is 1. The van der Waals surface area contributed by atoms with Crippen LogP contribution in [0.5, 0.6) is 0 Å². The summed E-state index contributed by atoms with van der Waals surface area (Å²) in [5.41, 5.74) is 5.33. The number of phosphoric ester groups is 1. The average molecular weight is 742 g/mol. The van der Waals surface area contributed by atoms with Crippen LogP contribution in [0.25, 0.3) is 0 Å². The molecule has 0 aliphatic heterocycles. The summed E-state index contributed by atoms with van der Waals surface area (Å²) < 4.78 is 32.6. The second-order valence-corrected chi connectivity index (χ2v) is 15.0. The van der Waals surface area contributed by atoms with Gasteiger partial charge in [-0.05, 0) is 44.9 Å². The molecule has 0 saturated heterocycles. The zero-order valence-corrected chi connectivity index (χ0v) is 33.5. The molecule has 0 fully saturated rings. The SMILES string of the molecule is CCCCCCCCC=CCC=CCC=CCCCC(=O)OCC(COP(=O)(O)OCCN)OC(=O)CCCCCCCCCCCCCCC. The predicted octanol–water partition coefficient (Wildman–Crippen LogP) is 11.4. The van der Waals surface area contributed by atoms with E-state index >= 15 is 0 Å². The van der Waals surface area contributed by atoms with E-state index < -0.39 is 32.5 Å². The molecule has 0 rings (SSSR count). The van der Waals surface area contributed by atoms with Gasteiger partial charge in [0.05, 0.1) is 13.2 Å². The van der Waals surface area contributed by atoms with Gasteiger partial charge < -0.3 is 20.1 Å². The first-order valence-corrected chi connectivity index (χ1v) is 22.0. The lowest BCUT2D eigenvalue weighted by atomic mass is 10.0. The van der Waals surface area contributed by atoms with Crippen molar-refractivity contribution in [2.45, 2.75) is 187 Å². The minimum atomic E-state index is -4.38. The van der Waals surface area contributed by atoms with Crippen LogP contribution in [0.15, 0.2) is 36.5 Å². The second-order valence-electron chi connectivity index (χ2n) is 13.5. The lowest BCUT2D eigenvalue weighted by Crippen LogP contribution is -2.29. The van der Waals surface area contributed by atoms with E-state index in [2.05, 4.69) is 50.3 Å². The Morgan fingerprint density at radius 1 is 0.588 bits per heavy atom. The van der Waals surface area contributed by atoms with Crippen molar-refractivity contribution in [3.8, 4) is 0 Å². The van der Waals surface area contributed by atoms with Crippen LogP contribution in [0.4, 0.5) is 0 Å². The number of esters is 2. The standard InChI is InChI=1S/C41H76NO8P/c1-3-5-7-9-11-13-15-17-18-19-20-22-23-25-27-29-31-33-40(43)47-37-39(38-49-51(45,46)48-36-35-42)50-41(44)34-32-30-28-26-24-21-16-14-12-10-8-6-4-2/h17-18,20,22,25,27,39H,3-16,19,21,23-24,26,28-38,42H2,1-2H3,(H,45,46). The molecule has 0 aromatic rings. The number of carbonyl (C=O) groups excluding carboxylic acids is 2. The van der Waals surface area contributed by atoms with Crippen molar-refractivity contribution < 1.29 is 37.6 Å². The van der Waals surface area contributed by atoms with E-state index in [9.17, 15) is 19.0 Å². The minimum absolute atomic E-state index is 0.0476. The molecule has 51 heavy (non-hydrogen) atoms. The lowest BCUT2D eigenvalue weighted by Gasteiger charge is -2.19. The molecular formula is C41H76NO8P. The number of unbranched alkanes of at least 4 members (excludes halogenated alkanes) is 19. The van der Waals surface area contributed by atoms with Gasteiger partial charge in [-0.25, -0.2) is 4.57 Å². The Balaban J connectivity index is 4.26. The number of carbonyl (C=O) groups is 2. The van der Waals surface area contributed by atoms with Crippen molar-refractivity contribution in [1.29, 1.82) is 0 Å². The lowest BCUT2D eigenvalue weighted by molar-refractivity contribution is -0.161. The molecule has 2 unspecified atom stereocenters. The summed E-state index contributed by atoms with van der Waals surface area (Å²) in [5, 5.41) is 0. The molecule has 0 aliphatic carbocycles. The molecule has 0 heterocycles. The molecule has 3 N–H and O–H groups in total. The number of ether oxygens (including phenoxy) is 2. The molecular weight excluding hydrogens is 665 g/mol. The van der Waals surface area contributed by atoms with E-state index in [0.717, 1.165) is 44.9 Å². The molecule has 0 bridgehead atoms. The normalized spacial score (nSPS) is 13.7. The van der Waals surface area contributed by atoms with Crippen molar-refractivity contribution in [1.82, 2.24) is 0 Å². The van der Waals surface area contributed by atoms with Gasteiger partial charge in [-0.3, -0.25) is 18.6 Å². The third-order valence-corrected chi connectivity index (χ3v) is 9.51. The Hall–Kier alpha value is -1.77. The third kappa shape index (κ3) is 37.8. The molecule has 0 aromatic heterocycles. The molecule has 0 amide bonds. The third-order valence-electron chi connectivity index (χ3n) is 8.53. The van der Waals surface area contributed by atoms with Gasteiger partial charge in [-0.1, -0.05) is 159 Å². The van der Waals surface area contributed by atoms with Crippen LogP contribution in [0.2, 0.25) is 0 Å². The average Bonchev–Trinajstić information content (AvgIpc) is 3.11. The van der Waals surface area contributed by atoms with Crippen molar-refractivity contribution in [3.05, 3.63) is 36.5 Å². The molecule has 9 nitrogen and oxygen atoms in total. The summed E-state index contributed by atoms with van der Waals surface area (Å²) >= 11 is 0. The first-order valence-electron chi connectivity index (χ1n) is 20.5. The van der Waals surface area contributed by atoms with Crippen LogP contribution < -0.4 is 5.73 Å². The summed E-state index contributed by atoms with van der Waals surface area (Å²) in [6.07, 6.45) is 40.4. The number of hydrogen-bond acceptors (Lipinski definition) is 8. The highest BCUT2D eigenvalue weighted by atomic mass is 31.2. The number of hydrogen-bond donors (Lipinski definition) is 2. The highest BCUT2D eigenvalue weighted by molar-refractivity contribution is 7.47. The van der Waals surface area contributed by atoms with Crippen molar-refractivity contribution in [2.24, 2.45) is 5.73 Å². The monoisotopic (exact) mass is 742 g/mol. The Morgan fingerprint density at radius 2 is 1.04 bits per heavy atom. The van der Waals surface area contributed by atoms with Gasteiger partial charge in [-0.15, -0.1) is 0 Å². The van der Waals surface area contributed by atoms with Crippen LogP contribution in [0.3, 0.4) is 0 Å². The molecule has 0 saturated carbocycles. The van der Waals surface area contributed by atoms with Crippen molar-refractivity contribution in [2.75, 3.05) is 26.4 Å². The fourth-order valence-electron chi connectivity index (χ4n) is 5.47. The summed E-state index contributed by atoms with van der Waals surface area (Å²) in [5.74, 6) is -0.887. The number of allylic oxidation sites excluding steroid dienone is 6. The van der Waals surface area contributed by atoms with Gasteiger partial charge in [0.2, 0.25) is 0 Å². The highest BCUT2D eigenvalue weighted by Gasteiger charge is 2.25. The molecule has 2 atom stereocenters. The summed E-state index contributed by atoms with van der Waals surface area (Å²) in [6.45, 7) is 3.66. The largest absolute Gasteiger partial charge is 0.472 e.